The van der Waals surface area contributed by atoms with Gasteiger partial charge in [0.15, 0.2) is 0 Å². The molecular formula is C25H38N6. The Bertz CT molecular complexity index is 857. The number of piperazine rings is 1. The van der Waals surface area contributed by atoms with Crippen molar-refractivity contribution in [2.45, 2.75) is 64.5 Å². The molecule has 3 aliphatic rings. The fourth-order valence-corrected chi connectivity index (χ4v) is 4.69. The Balaban J connectivity index is 0.00000112. The van der Waals surface area contributed by atoms with Gasteiger partial charge in [-0.25, -0.2) is 9.97 Å². The van der Waals surface area contributed by atoms with E-state index >= 15 is 0 Å². The number of pyridine rings is 1. The number of aryl methyl sites for hydroxylation is 1. The normalized spacial score (nSPS) is 21.5. The van der Waals surface area contributed by atoms with Crippen LogP contribution < -0.4 is 4.90 Å². The maximum atomic E-state index is 4.99. The van der Waals surface area contributed by atoms with Crippen molar-refractivity contribution in [3.8, 4) is 0 Å². The molecule has 3 heterocycles. The number of hydrogen-bond acceptors (Lipinski definition) is 6. The van der Waals surface area contributed by atoms with E-state index in [0.717, 1.165) is 56.5 Å². The minimum atomic E-state index is 0.381. The van der Waals surface area contributed by atoms with Crippen LogP contribution in [0.4, 0.5) is 5.82 Å². The van der Waals surface area contributed by atoms with Crippen molar-refractivity contribution in [2.24, 2.45) is 0 Å². The highest BCUT2D eigenvalue weighted by Gasteiger charge is 2.30. The topological polar surface area (TPSA) is 48.4 Å². The van der Waals surface area contributed by atoms with E-state index < -0.39 is 0 Å². The number of likely N-dealkylation sites (N-methyl/N-ethyl adjacent to an activating group) is 1. The van der Waals surface area contributed by atoms with Gasteiger partial charge in [0.1, 0.15) is 11.6 Å². The van der Waals surface area contributed by atoms with Crippen molar-refractivity contribution < 1.29 is 0 Å². The van der Waals surface area contributed by atoms with Gasteiger partial charge < -0.3 is 9.80 Å². The van der Waals surface area contributed by atoms with E-state index in [1.807, 2.05) is 20.0 Å². The Morgan fingerprint density at radius 2 is 1.84 bits per heavy atom. The van der Waals surface area contributed by atoms with Crippen LogP contribution in [0.25, 0.3) is 0 Å². The van der Waals surface area contributed by atoms with Crippen LogP contribution in [-0.2, 0) is 13.0 Å². The molecule has 0 spiro atoms. The average Bonchev–Trinajstić information content (AvgIpc) is 3.66. The van der Waals surface area contributed by atoms with E-state index in [1.54, 1.807) is 0 Å². The van der Waals surface area contributed by atoms with Gasteiger partial charge in [-0.15, -0.1) is 0 Å². The molecule has 5 rings (SSSR count). The molecule has 31 heavy (non-hydrogen) atoms. The first-order valence-electron chi connectivity index (χ1n) is 12.1. The fraction of sp³-hybridized carbons (Fsp3) is 0.640. The molecule has 1 atom stereocenters. The predicted octanol–water partition coefficient (Wildman–Crippen LogP) is 4.04. The van der Waals surface area contributed by atoms with E-state index in [1.165, 1.54) is 36.9 Å². The van der Waals surface area contributed by atoms with E-state index in [2.05, 4.69) is 47.0 Å². The van der Waals surface area contributed by atoms with Crippen LogP contribution in [-0.4, -0.2) is 65.0 Å². The van der Waals surface area contributed by atoms with Gasteiger partial charge in [-0.2, -0.15) is 0 Å². The molecule has 0 bridgehead atoms. The minimum Gasteiger partial charge on any atom is -0.354 e. The van der Waals surface area contributed by atoms with Crippen molar-refractivity contribution in [1.29, 1.82) is 0 Å². The highest BCUT2D eigenvalue weighted by molar-refractivity contribution is 5.41. The summed E-state index contributed by atoms with van der Waals surface area (Å²) >= 11 is 0. The van der Waals surface area contributed by atoms with Gasteiger partial charge >= 0.3 is 0 Å². The van der Waals surface area contributed by atoms with Gasteiger partial charge in [0.2, 0.25) is 0 Å². The van der Waals surface area contributed by atoms with Gasteiger partial charge in [0.05, 0.1) is 17.4 Å². The highest BCUT2D eigenvalue weighted by Crippen LogP contribution is 2.39. The van der Waals surface area contributed by atoms with Crippen LogP contribution in [0.5, 0.6) is 0 Å². The number of rotatable bonds is 5. The number of anilines is 1. The second-order valence-electron chi connectivity index (χ2n) is 9.01. The standard InChI is InChI=1S/C23H32N6.C2H6/c1-27-11-13-29(14-12-27)21-15-19(25-23(26-21)18-8-9-18)16-28(2)20-7-3-5-17-6-4-10-24-22(17)20;1-2/h4,6,10,15,18,20H,3,5,7-9,11-14,16H2,1-2H3;1-2H3. The third kappa shape index (κ3) is 5.24. The summed E-state index contributed by atoms with van der Waals surface area (Å²) in [4.78, 5) is 22.0. The second kappa shape index (κ2) is 10.0. The van der Waals surface area contributed by atoms with Crippen LogP contribution in [0.15, 0.2) is 24.4 Å². The molecule has 0 radical (unpaired) electrons. The molecule has 0 amide bonds. The van der Waals surface area contributed by atoms with Crippen molar-refractivity contribution in [3.63, 3.8) is 0 Å². The van der Waals surface area contributed by atoms with Crippen molar-refractivity contribution in [3.05, 3.63) is 47.2 Å². The molecule has 2 aromatic heterocycles. The van der Waals surface area contributed by atoms with E-state index in [-0.39, 0.29) is 0 Å². The van der Waals surface area contributed by atoms with Gasteiger partial charge in [0.25, 0.3) is 0 Å². The molecule has 1 aliphatic heterocycles. The molecule has 168 valence electrons. The molecule has 1 saturated heterocycles. The van der Waals surface area contributed by atoms with E-state index in [9.17, 15) is 0 Å². The Morgan fingerprint density at radius 3 is 2.58 bits per heavy atom. The molecule has 0 N–H and O–H groups in total. The summed E-state index contributed by atoms with van der Waals surface area (Å²) in [5.74, 6) is 2.76. The summed E-state index contributed by atoms with van der Waals surface area (Å²) in [6, 6.07) is 6.92. The lowest BCUT2D eigenvalue weighted by molar-refractivity contribution is 0.206. The summed E-state index contributed by atoms with van der Waals surface area (Å²) in [5.41, 5.74) is 3.83. The maximum absolute atomic E-state index is 4.99. The first-order chi connectivity index (χ1) is 15.2. The Labute approximate surface area is 187 Å². The first-order valence-corrected chi connectivity index (χ1v) is 12.1. The van der Waals surface area contributed by atoms with Gasteiger partial charge in [-0.05, 0) is 57.8 Å². The largest absolute Gasteiger partial charge is 0.354 e. The highest BCUT2D eigenvalue weighted by atomic mass is 15.3. The summed E-state index contributed by atoms with van der Waals surface area (Å²) in [6.07, 6.45) is 7.97. The second-order valence-corrected chi connectivity index (χ2v) is 9.01. The summed E-state index contributed by atoms with van der Waals surface area (Å²) < 4.78 is 0. The smallest absolute Gasteiger partial charge is 0.134 e. The Morgan fingerprint density at radius 1 is 1.06 bits per heavy atom. The molecule has 6 heteroatoms. The average molecular weight is 423 g/mol. The van der Waals surface area contributed by atoms with Crippen molar-refractivity contribution in [2.75, 3.05) is 45.2 Å². The lowest BCUT2D eigenvalue weighted by atomic mass is 9.91. The third-order valence-electron chi connectivity index (χ3n) is 6.66. The van der Waals surface area contributed by atoms with Crippen LogP contribution in [0, 0.1) is 0 Å². The predicted molar refractivity (Wildman–Crippen MR) is 126 cm³/mol. The third-order valence-corrected chi connectivity index (χ3v) is 6.66. The van der Waals surface area contributed by atoms with Gasteiger partial charge in [0, 0.05) is 50.9 Å². The van der Waals surface area contributed by atoms with Crippen LogP contribution in [0.3, 0.4) is 0 Å². The summed E-state index contributed by atoms with van der Waals surface area (Å²) in [5, 5.41) is 0. The number of hydrogen-bond donors (Lipinski definition) is 0. The zero-order chi connectivity index (χ0) is 21.8. The van der Waals surface area contributed by atoms with Crippen LogP contribution >= 0.6 is 0 Å². The van der Waals surface area contributed by atoms with Crippen LogP contribution in [0.2, 0.25) is 0 Å². The Kier molecular flexibility index (Phi) is 7.18. The van der Waals surface area contributed by atoms with Crippen LogP contribution in [0.1, 0.15) is 74.3 Å². The Hall–Kier alpha value is -2.05. The van der Waals surface area contributed by atoms with Crippen molar-refractivity contribution in [1.82, 2.24) is 24.8 Å². The number of aromatic nitrogens is 3. The molecule has 1 unspecified atom stereocenters. The number of fused-ring (bicyclic) bond motifs is 1. The maximum Gasteiger partial charge on any atom is 0.134 e. The summed E-state index contributed by atoms with van der Waals surface area (Å²) in [7, 11) is 4.42. The molecular weight excluding hydrogens is 384 g/mol. The number of nitrogens with zero attached hydrogens (tertiary/aromatic N) is 6. The van der Waals surface area contributed by atoms with E-state index in [4.69, 9.17) is 15.0 Å². The fourth-order valence-electron chi connectivity index (χ4n) is 4.69. The SMILES string of the molecule is CC.CN1CCN(c2cc(CN(C)C3CCCc4cccnc43)nc(C3CC3)n2)CC1. The molecule has 2 fully saturated rings. The zero-order valence-electron chi connectivity index (χ0n) is 19.7. The molecule has 6 nitrogen and oxygen atoms in total. The van der Waals surface area contributed by atoms with Gasteiger partial charge in [-0.1, -0.05) is 19.9 Å². The molecule has 1 saturated carbocycles. The lowest BCUT2D eigenvalue weighted by Gasteiger charge is -2.34. The summed E-state index contributed by atoms with van der Waals surface area (Å²) in [6.45, 7) is 9.15. The lowest BCUT2D eigenvalue weighted by Crippen LogP contribution is -2.45. The quantitative estimate of drug-likeness (QED) is 0.725. The zero-order valence-corrected chi connectivity index (χ0v) is 19.7. The van der Waals surface area contributed by atoms with E-state index in [0.29, 0.717) is 12.0 Å². The molecule has 2 aromatic rings. The van der Waals surface area contributed by atoms with Gasteiger partial charge in [-0.3, -0.25) is 9.88 Å². The molecule has 0 aromatic carbocycles. The van der Waals surface area contributed by atoms with Crippen molar-refractivity contribution >= 4 is 5.82 Å². The first kappa shape index (κ1) is 22.2. The molecule has 2 aliphatic carbocycles. The monoisotopic (exact) mass is 422 g/mol. The minimum absolute atomic E-state index is 0.381.